The molecule has 1 aliphatic heterocycles. The normalized spacial score (nSPS) is 16.2. The molecular weight excluding hydrogens is 413 g/mol. The van der Waals surface area contributed by atoms with Crippen molar-refractivity contribution in [2.24, 2.45) is 0 Å². The summed E-state index contributed by atoms with van der Waals surface area (Å²) < 4.78 is 55.8. The Kier molecular flexibility index (Phi) is 6.22. The van der Waals surface area contributed by atoms with Crippen molar-refractivity contribution < 1.29 is 32.2 Å². The molecule has 0 amide bonds. The first-order chi connectivity index (χ1) is 15.0. The van der Waals surface area contributed by atoms with E-state index in [1.54, 1.807) is 12.3 Å². The van der Waals surface area contributed by atoms with Gasteiger partial charge in [-0.1, -0.05) is 6.08 Å². The van der Waals surface area contributed by atoms with Crippen molar-refractivity contribution in [2.75, 3.05) is 20.3 Å². The third-order valence-electron chi connectivity index (χ3n) is 5.25. The number of halogens is 3. The summed E-state index contributed by atoms with van der Waals surface area (Å²) in [4.78, 5) is 21.0. The van der Waals surface area contributed by atoms with Crippen molar-refractivity contribution in [2.45, 2.75) is 38.2 Å². The molecule has 0 spiro atoms. The molecule has 1 aromatic carbocycles. The van der Waals surface area contributed by atoms with E-state index in [0.717, 1.165) is 18.9 Å². The molecular formula is C22H21F3N2O4. The molecule has 0 saturated heterocycles. The average molecular weight is 434 g/mol. The Morgan fingerprint density at radius 3 is 2.77 bits per heavy atom. The minimum absolute atomic E-state index is 0.00834. The zero-order valence-corrected chi connectivity index (χ0v) is 16.9. The van der Waals surface area contributed by atoms with Gasteiger partial charge >= 0.3 is 12.6 Å². The standard InChI is InChI=1S/C22H21F3N2O4/c1-29-21(28)19-17(26-11-18(27-19)13-2-3-13)9-14-8-15(23)10-16(20(14)31-22(24)25)12-4-6-30-7-5-12/h4,8,10-11,13,22H,2-3,5-7,9H2,1H3. The Labute approximate surface area is 177 Å². The first-order valence-corrected chi connectivity index (χ1v) is 9.94. The quantitative estimate of drug-likeness (QED) is 0.606. The molecule has 0 N–H and O–H groups in total. The number of benzene rings is 1. The summed E-state index contributed by atoms with van der Waals surface area (Å²) in [6, 6.07) is 2.28. The number of esters is 1. The lowest BCUT2D eigenvalue weighted by atomic mass is 9.95. The van der Waals surface area contributed by atoms with Gasteiger partial charge in [-0.15, -0.1) is 0 Å². The van der Waals surface area contributed by atoms with E-state index >= 15 is 0 Å². The van der Waals surface area contributed by atoms with Crippen LogP contribution in [-0.2, 0) is 15.9 Å². The molecule has 1 aromatic heterocycles. The van der Waals surface area contributed by atoms with Gasteiger partial charge in [0.1, 0.15) is 11.6 Å². The van der Waals surface area contributed by atoms with Crippen LogP contribution < -0.4 is 4.74 Å². The maximum atomic E-state index is 14.5. The molecule has 2 aliphatic rings. The SMILES string of the molecule is COC(=O)c1nc(C2CC2)cnc1Cc1cc(F)cc(C2=CCOCC2)c1OC(F)F. The second kappa shape index (κ2) is 9.05. The van der Waals surface area contributed by atoms with Gasteiger partial charge in [0.15, 0.2) is 5.69 Å². The first-order valence-electron chi connectivity index (χ1n) is 9.94. The molecule has 164 valence electrons. The van der Waals surface area contributed by atoms with Crippen LogP contribution in [0.3, 0.4) is 0 Å². The van der Waals surface area contributed by atoms with Gasteiger partial charge in [-0.25, -0.2) is 14.2 Å². The van der Waals surface area contributed by atoms with Gasteiger partial charge in [0.2, 0.25) is 0 Å². The van der Waals surface area contributed by atoms with Crippen LogP contribution in [0.1, 0.15) is 58.2 Å². The van der Waals surface area contributed by atoms with Crippen molar-refractivity contribution in [1.29, 1.82) is 0 Å². The van der Waals surface area contributed by atoms with Crippen molar-refractivity contribution in [3.05, 3.63) is 58.4 Å². The summed E-state index contributed by atoms with van der Waals surface area (Å²) >= 11 is 0. The first kappa shape index (κ1) is 21.3. The number of alkyl halides is 2. The molecule has 0 unspecified atom stereocenters. The summed E-state index contributed by atoms with van der Waals surface area (Å²) in [6.45, 7) is -2.41. The van der Waals surface area contributed by atoms with Gasteiger partial charge in [0, 0.05) is 29.7 Å². The minimum atomic E-state index is -3.10. The number of methoxy groups -OCH3 is 1. The predicted octanol–water partition coefficient (Wildman–Crippen LogP) is 4.28. The van der Waals surface area contributed by atoms with E-state index in [0.29, 0.717) is 30.9 Å². The molecule has 1 aliphatic carbocycles. The Bertz CT molecular complexity index is 1020. The fraction of sp³-hybridized carbons (Fsp3) is 0.409. The van der Waals surface area contributed by atoms with Crippen molar-refractivity contribution in [3.63, 3.8) is 0 Å². The van der Waals surface area contributed by atoms with Gasteiger partial charge < -0.3 is 14.2 Å². The van der Waals surface area contributed by atoms with Crippen LogP contribution in [0.2, 0.25) is 0 Å². The number of carbonyl (C=O) groups is 1. The molecule has 1 fully saturated rings. The third kappa shape index (κ3) is 4.87. The lowest BCUT2D eigenvalue weighted by Crippen LogP contribution is -2.14. The van der Waals surface area contributed by atoms with Gasteiger partial charge in [-0.05, 0) is 37.0 Å². The highest BCUT2D eigenvalue weighted by molar-refractivity contribution is 5.88. The average Bonchev–Trinajstić information content (AvgIpc) is 3.61. The van der Waals surface area contributed by atoms with E-state index in [1.165, 1.54) is 13.2 Å². The zero-order chi connectivity index (χ0) is 22.0. The van der Waals surface area contributed by atoms with Crippen LogP contribution in [0.25, 0.3) is 5.57 Å². The van der Waals surface area contributed by atoms with Gasteiger partial charge in [-0.2, -0.15) is 8.78 Å². The van der Waals surface area contributed by atoms with E-state index in [4.69, 9.17) is 14.2 Å². The van der Waals surface area contributed by atoms with E-state index < -0.39 is 18.4 Å². The van der Waals surface area contributed by atoms with Crippen LogP contribution in [0, 0.1) is 5.82 Å². The molecule has 1 saturated carbocycles. The fourth-order valence-electron chi connectivity index (χ4n) is 3.59. The number of ether oxygens (including phenoxy) is 3. The molecule has 0 atom stereocenters. The van der Waals surface area contributed by atoms with Gasteiger partial charge in [0.05, 0.1) is 31.7 Å². The fourth-order valence-corrected chi connectivity index (χ4v) is 3.59. The van der Waals surface area contributed by atoms with Crippen molar-refractivity contribution in [3.8, 4) is 5.75 Å². The molecule has 4 rings (SSSR count). The largest absolute Gasteiger partial charge is 0.464 e. The maximum absolute atomic E-state index is 14.5. The van der Waals surface area contributed by atoms with Crippen molar-refractivity contribution in [1.82, 2.24) is 9.97 Å². The number of nitrogens with zero attached hydrogens (tertiary/aromatic N) is 2. The molecule has 0 radical (unpaired) electrons. The number of aromatic nitrogens is 2. The van der Waals surface area contributed by atoms with Crippen LogP contribution >= 0.6 is 0 Å². The van der Waals surface area contributed by atoms with Crippen LogP contribution in [0.5, 0.6) is 5.75 Å². The summed E-state index contributed by atoms with van der Waals surface area (Å²) in [6.07, 6.45) is 5.52. The van der Waals surface area contributed by atoms with E-state index in [2.05, 4.69) is 9.97 Å². The minimum Gasteiger partial charge on any atom is -0.464 e. The number of hydrogen-bond donors (Lipinski definition) is 0. The topological polar surface area (TPSA) is 70.5 Å². The van der Waals surface area contributed by atoms with Crippen molar-refractivity contribution >= 4 is 11.5 Å². The van der Waals surface area contributed by atoms with E-state index in [9.17, 15) is 18.0 Å². The lowest BCUT2D eigenvalue weighted by molar-refractivity contribution is -0.0506. The van der Waals surface area contributed by atoms with E-state index in [-0.39, 0.29) is 40.6 Å². The highest BCUT2D eigenvalue weighted by atomic mass is 19.3. The Morgan fingerprint density at radius 1 is 1.32 bits per heavy atom. The maximum Gasteiger partial charge on any atom is 0.387 e. The van der Waals surface area contributed by atoms with Gasteiger partial charge in [-0.3, -0.25) is 4.98 Å². The second-order valence-electron chi connectivity index (χ2n) is 7.41. The summed E-state index contributed by atoms with van der Waals surface area (Å²) in [5, 5.41) is 0. The molecule has 0 bridgehead atoms. The lowest BCUT2D eigenvalue weighted by Gasteiger charge is -2.20. The van der Waals surface area contributed by atoms with Crippen LogP contribution in [0.15, 0.2) is 24.4 Å². The number of hydrogen-bond acceptors (Lipinski definition) is 6. The third-order valence-corrected chi connectivity index (χ3v) is 5.25. The highest BCUT2D eigenvalue weighted by Crippen LogP contribution is 2.39. The Balaban J connectivity index is 1.78. The number of carbonyl (C=O) groups excluding carboxylic acids is 1. The second-order valence-corrected chi connectivity index (χ2v) is 7.41. The molecule has 31 heavy (non-hydrogen) atoms. The Hall–Kier alpha value is -2.94. The Morgan fingerprint density at radius 2 is 2.13 bits per heavy atom. The predicted molar refractivity (Wildman–Crippen MR) is 105 cm³/mol. The number of rotatable bonds is 7. The molecule has 6 nitrogen and oxygen atoms in total. The summed E-state index contributed by atoms with van der Waals surface area (Å²) in [5.41, 5.74) is 1.91. The van der Waals surface area contributed by atoms with E-state index in [1.807, 2.05) is 0 Å². The highest BCUT2D eigenvalue weighted by Gasteiger charge is 2.28. The smallest absolute Gasteiger partial charge is 0.387 e. The van der Waals surface area contributed by atoms with Gasteiger partial charge in [0.25, 0.3) is 0 Å². The summed E-state index contributed by atoms with van der Waals surface area (Å²) in [5.74, 6) is -1.19. The van der Waals surface area contributed by atoms with Crippen LogP contribution in [0.4, 0.5) is 13.2 Å². The monoisotopic (exact) mass is 434 g/mol. The van der Waals surface area contributed by atoms with Crippen LogP contribution in [-0.4, -0.2) is 42.9 Å². The molecule has 9 heteroatoms. The molecule has 2 aromatic rings. The molecule has 2 heterocycles. The zero-order valence-electron chi connectivity index (χ0n) is 16.9. The summed E-state index contributed by atoms with van der Waals surface area (Å²) in [7, 11) is 1.22.